The normalized spacial score (nSPS) is 17.7. The maximum Gasteiger partial charge on any atom is 0.217 e. The first-order valence-electron chi connectivity index (χ1n) is 8.03. The highest BCUT2D eigenvalue weighted by Gasteiger charge is 2.24. The summed E-state index contributed by atoms with van der Waals surface area (Å²) in [4.78, 5) is 13.4. The molecule has 1 aromatic carbocycles. The third kappa shape index (κ3) is 5.66. The summed E-state index contributed by atoms with van der Waals surface area (Å²) in [5, 5.41) is 3.08. The van der Waals surface area contributed by atoms with E-state index in [1.807, 2.05) is 0 Å². The van der Waals surface area contributed by atoms with Crippen LogP contribution in [0.1, 0.15) is 26.7 Å². The van der Waals surface area contributed by atoms with E-state index in [2.05, 4.69) is 17.1 Å². The summed E-state index contributed by atoms with van der Waals surface area (Å²) >= 11 is 5.64. The molecule has 1 atom stereocenters. The molecule has 1 aliphatic rings. The summed E-state index contributed by atoms with van der Waals surface area (Å²) in [5.41, 5.74) is 0. The predicted octanol–water partition coefficient (Wildman–Crippen LogP) is 3.09. The van der Waals surface area contributed by atoms with E-state index in [0.29, 0.717) is 18.3 Å². The number of carbonyl (C=O) groups excluding carboxylic acids is 1. The third-order valence-electron chi connectivity index (χ3n) is 4.34. The Hall–Kier alpha value is -1.33. The Bertz CT molecular complexity index is 533. The Labute approximate surface area is 141 Å². The van der Waals surface area contributed by atoms with E-state index in [-0.39, 0.29) is 17.0 Å². The Kier molecular flexibility index (Phi) is 6.66. The molecule has 4 nitrogen and oxygen atoms in total. The van der Waals surface area contributed by atoms with Crippen LogP contribution in [0.2, 0.25) is 5.02 Å². The molecule has 1 N–H and O–H groups in total. The Morgan fingerprint density at radius 2 is 2.17 bits per heavy atom. The Morgan fingerprint density at radius 1 is 1.48 bits per heavy atom. The van der Waals surface area contributed by atoms with Crippen molar-refractivity contribution in [3.05, 3.63) is 29.0 Å². The standard InChI is InChI=1S/C17H24ClFN2O2/c1-12(20-13(2)22)14-5-7-21(8-6-14)9-10-23-15-3-4-16(18)17(19)11-15/h3-4,11-12,14H,5-10H2,1-2H3,(H,20,22)/t12-/m1/s1. The van der Waals surface area contributed by atoms with Crippen molar-refractivity contribution >= 4 is 17.5 Å². The quantitative estimate of drug-likeness (QED) is 0.863. The van der Waals surface area contributed by atoms with Crippen molar-refractivity contribution in [3.8, 4) is 5.75 Å². The topological polar surface area (TPSA) is 41.6 Å². The van der Waals surface area contributed by atoms with E-state index in [1.165, 1.54) is 12.1 Å². The first kappa shape index (κ1) is 18.0. The molecule has 0 bridgehead atoms. The van der Waals surface area contributed by atoms with Gasteiger partial charge in [0.25, 0.3) is 0 Å². The molecule has 1 aromatic rings. The minimum Gasteiger partial charge on any atom is -0.492 e. The van der Waals surface area contributed by atoms with E-state index in [4.69, 9.17) is 16.3 Å². The third-order valence-corrected chi connectivity index (χ3v) is 4.64. The molecule has 1 heterocycles. The van der Waals surface area contributed by atoms with Gasteiger partial charge in [0.05, 0.1) is 5.02 Å². The number of nitrogens with one attached hydrogen (secondary N) is 1. The number of rotatable bonds is 6. The zero-order chi connectivity index (χ0) is 16.8. The average Bonchev–Trinajstić information content (AvgIpc) is 2.51. The first-order valence-corrected chi connectivity index (χ1v) is 8.41. The van der Waals surface area contributed by atoms with Crippen LogP contribution >= 0.6 is 11.6 Å². The summed E-state index contributed by atoms with van der Waals surface area (Å²) in [6.45, 7) is 6.95. The summed E-state index contributed by atoms with van der Waals surface area (Å²) < 4.78 is 18.9. The number of piperidine rings is 1. The van der Waals surface area contributed by atoms with Crippen molar-refractivity contribution < 1.29 is 13.9 Å². The van der Waals surface area contributed by atoms with Crippen molar-refractivity contribution in [1.29, 1.82) is 0 Å². The lowest BCUT2D eigenvalue weighted by Crippen LogP contribution is -2.44. The number of hydrogen-bond acceptors (Lipinski definition) is 3. The fourth-order valence-corrected chi connectivity index (χ4v) is 3.09. The smallest absolute Gasteiger partial charge is 0.217 e. The summed E-state index contributed by atoms with van der Waals surface area (Å²) in [6, 6.07) is 4.71. The van der Waals surface area contributed by atoms with E-state index in [0.717, 1.165) is 32.5 Å². The molecule has 1 aliphatic heterocycles. The van der Waals surface area contributed by atoms with E-state index >= 15 is 0 Å². The Morgan fingerprint density at radius 3 is 2.78 bits per heavy atom. The second-order valence-corrected chi connectivity index (χ2v) is 6.50. The lowest BCUT2D eigenvalue weighted by atomic mass is 9.90. The van der Waals surface area contributed by atoms with Crippen molar-refractivity contribution in [2.45, 2.75) is 32.7 Å². The fourth-order valence-electron chi connectivity index (χ4n) is 2.97. The lowest BCUT2D eigenvalue weighted by molar-refractivity contribution is -0.120. The highest BCUT2D eigenvalue weighted by atomic mass is 35.5. The zero-order valence-electron chi connectivity index (χ0n) is 13.6. The van der Waals surface area contributed by atoms with Gasteiger partial charge in [0.2, 0.25) is 5.91 Å². The number of carbonyl (C=O) groups is 1. The fraction of sp³-hybridized carbons (Fsp3) is 0.588. The van der Waals surface area contributed by atoms with Gasteiger partial charge < -0.3 is 10.1 Å². The van der Waals surface area contributed by atoms with Gasteiger partial charge in [-0.05, 0) is 50.9 Å². The molecular weight excluding hydrogens is 319 g/mol. The molecule has 0 radical (unpaired) electrons. The molecule has 2 rings (SSSR count). The van der Waals surface area contributed by atoms with Crippen molar-refractivity contribution in [2.24, 2.45) is 5.92 Å². The van der Waals surface area contributed by atoms with Crippen LogP contribution in [0.4, 0.5) is 4.39 Å². The summed E-state index contributed by atoms with van der Waals surface area (Å²) in [6.07, 6.45) is 2.13. The number of nitrogens with zero attached hydrogens (tertiary/aromatic N) is 1. The minimum absolute atomic E-state index is 0.0310. The summed E-state index contributed by atoms with van der Waals surface area (Å²) in [7, 11) is 0. The highest BCUT2D eigenvalue weighted by Crippen LogP contribution is 2.22. The van der Waals surface area contributed by atoms with Crippen LogP contribution in [0.15, 0.2) is 18.2 Å². The van der Waals surface area contributed by atoms with Crippen LogP contribution in [0.5, 0.6) is 5.75 Å². The average molecular weight is 343 g/mol. The Balaban J connectivity index is 1.68. The zero-order valence-corrected chi connectivity index (χ0v) is 14.4. The largest absolute Gasteiger partial charge is 0.492 e. The van der Waals surface area contributed by atoms with Gasteiger partial charge in [-0.3, -0.25) is 9.69 Å². The molecule has 128 valence electrons. The van der Waals surface area contributed by atoms with Crippen molar-refractivity contribution in [1.82, 2.24) is 10.2 Å². The number of likely N-dealkylation sites (tertiary alicyclic amines) is 1. The van der Waals surface area contributed by atoms with Gasteiger partial charge in [-0.1, -0.05) is 11.6 Å². The molecule has 0 aromatic heterocycles. The minimum atomic E-state index is -0.461. The van der Waals surface area contributed by atoms with Crippen LogP contribution in [0.25, 0.3) is 0 Å². The van der Waals surface area contributed by atoms with Gasteiger partial charge in [-0.2, -0.15) is 0 Å². The van der Waals surface area contributed by atoms with Gasteiger partial charge >= 0.3 is 0 Å². The predicted molar refractivity (Wildman–Crippen MR) is 89.3 cm³/mol. The molecule has 6 heteroatoms. The molecule has 0 aliphatic carbocycles. The van der Waals surface area contributed by atoms with Gasteiger partial charge in [0.15, 0.2) is 0 Å². The van der Waals surface area contributed by atoms with Crippen molar-refractivity contribution in [3.63, 3.8) is 0 Å². The van der Waals surface area contributed by atoms with Crippen LogP contribution in [0, 0.1) is 11.7 Å². The summed E-state index contributed by atoms with van der Waals surface area (Å²) in [5.74, 6) is 0.600. The van der Waals surface area contributed by atoms with Gasteiger partial charge in [-0.15, -0.1) is 0 Å². The molecule has 1 fully saturated rings. The van der Waals surface area contributed by atoms with Gasteiger partial charge in [-0.25, -0.2) is 4.39 Å². The van der Waals surface area contributed by atoms with Crippen LogP contribution in [0.3, 0.4) is 0 Å². The number of benzene rings is 1. The van der Waals surface area contributed by atoms with Gasteiger partial charge in [0.1, 0.15) is 18.2 Å². The van der Waals surface area contributed by atoms with Crippen LogP contribution in [-0.2, 0) is 4.79 Å². The molecule has 1 saturated heterocycles. The first-order chi connectivity index (χ1) is 11.0. The monoisotopic (exact) mass is 342 g/mol. The second-order valence-electron chi connectivity index (χ2n) is 6.09. The second kappa shape index (κ2) is 8.50. The molecule has 0 unspecified atom stereocenters. The lowest BCUT2D eigenvalue weighted by Gasteiger charge is -2.34. The maximum atomic E-state index is 13.3. The number of hydrogen-bond donors (Lipinski definition) is 1. The highest BCUT2D eigenvalue weighted by molar-refractivity contribution is 6.30. The van der Waals surface area contributed by atoms with Crippen molar-refractivity contribution in [2.75, 3.05) is 26.2 Å². The molecule has 23 heavy (non-hydrogen) atoms. The number of ether oxygens (including phenoxy) is 1. The van der Waals surface area contributed by atoms with Crippen LogP contribution < -0.4 is 10.1 Å². The molecule has 1 amide bonds. The number of amides is 1. The molecule has 0 spiro atoms. The molecule has 0 saturated carbocycles. The van der Waals surface area contributed by atoms with E-state index in [9.17, 15) is 9.18 Å². The van der Waals surface area contributed by atoms with E-state index < -0.39 is 5.82 Å². The van der Waals surface area contributed by atoms with Crippen LogP contribution in [-0.4, -0.2) is 43.1 Å². The van der Waals surface area contributed by atoms with E-state index in [1.54, 1.807) is 13.0 Å². The maximum absolute atomic E-state index is 13.3. The SMILES string of the molecule is CC(=O)N[C@H](C)C1CCN(CCOc2ccc(Cl)c(F)c2)CC1. The number of halogens is 2. The van der Waals surface area contributed by atoms with Gasteiger partial charge in [0, 0.05) is 25.6 Å². The molecular formula is C17H24ClFN2O2.